The van der Waals surface area contributed by atoms with Gasteiger partial charge in [0.1, 0.15) is 0 Å². The molecule has 4 rings (SSSR count). The van der Waals surface area contributed by atoms with Crippen LogP contribution in [0.4, 0.5) is 11.6 Å². The van der Waals surface area contributed by atoms with E-state index in [1.54, 1.807) is 0 Å². The summed E-state index contributed by atoms with van der Waals surface area (Å²) in [6.45, 7) is 9.65. The second kappa shape index (κ2) is 9.89. The van der Waals surface area contributed by atoms with E-state index in [-0.39, 0.29) is 11.8 Å². The maximum absolute atomic E-state index is 12.7. The van der Waals surface area contributed by atoms with Crippen molar-refractivity contribution in [2.24, 2.45) is 5.92 Å². The fourth-order valence-electron chi connectivity index (χ4n) is 4.28. The standard InChI is InChI=1S/C23H32N6O/c1-2-27-13-15-28(16-14-27)21-10-11-22(26-25-21)29-12-6-9-20(18-29)23(30)24-17-19-7-4-3-5-8-19/h3-5,7-8,10-11,20H,2,6,9,12-18H2,1H3,(H,24,30)/t20-/m1/s1. The quantitative estimate of drug-likeness (QED) is 0.790. The molecule has 0 radical (unpaired) electrons. The predicted octanol–water partition coefficient (Wildman–Crippen LogP) is 2.15. The van der Waals surface area contributed by atoms with Gasteiger partial charge in [-0.2, -0.15) is 0 Å². The maximum Gasteiger partial charge on any atom is 0.225 e. The molecule has 1 aromatic heterocycles. The summed E-state index contributed by atoms with van der Waals surface area (Å²) in [5.74, 6) is 1.93. The number of nitrogens with one attached hydrogen (secondary N) is 1. The zero-order chi connectivity index (χ0) is 20.8. The van der Waals surface area contributed by atoms with Crippen molar-refractivity contribution in [2.45, 2.75) is 26.3 Å². The number of benzene rings is 1. The van der Waals surface area contributed by atoms with Crippen LogP contribution in [-0.4, -0.2) is 66.8 Å². The highest BCUT2D eigenvalue weighted by molar-refractivity contribution is 5.79. The summed E-state index contributed by atoms with van der Waals surface area (Å²) in [6, 6.07) is 14.2. The second-order valence-electron chi connectivity index (χ2n) is 8.16. The first kappa shape index (κ1) is 20.6. The van der Waals surface area contributed by atoms with Crippen LogP contribution in [0, 0.1) is 5.92 Å². The molecule has 1 atom stereocenters. The van der Waals surface area contributed by atoms with Gasteiger partial charge in [-0.05, 0) is 37.1 Å². The molecular weight excluding hydrogens is 376 g/mol. The van der Waals surface area contributed by atoms with E-state index >= 15 is 0 Å². The Kier molecular flexibility index (Phi) is 6.79. The summed E-state index contributed by atoms with van der Waals surface area (Å²) >= 11 is 0. The molecule has 1 aromatic carbocycles. The van der Waals surface area contributed by atoms with Gasteiger partial charge in [0, 0.05) is 45.8 Å². The van der Waals surface area contributed by atoms with Crippen LogP contribution in [0.2, 0.25) is 0 Å². The number of rotatable bonds is 6. The summed E-state index contributed by atoms with van der Waals surface area (Å²) < 4.78 is 0. The minimum absolute atomic E-state index is 0.00828. The molecule has 30 heavy (non-hydrogen) atoms. The Balaban J connectivity index is 1.31. The van der Waals surface area contributed by atoms with Gasteiger partial charge in [-0.15, -0.1) is 10.2 Å². The Morgan fingerprint density at radius 2 is 1.67 bits per heavy atom. The Bertz CT molecular complexity index is 804. The number of piperazine rings is 1. The first-order valence-electron chi connectivity index (χ1n) is 11.1. The first-order valence-corrected chi connectivity index (χ1v) is 11.1. The maximum atomic E-state index is 12.7. The third kappa shape index (κ3) is 5.08. The molecule has 2 aliphatic rings. The fraction of sp³-hybridized carbons (Fsp3) is 0.522. The number of carbonyl (C=O) groups is 1. The van der Waals surface area contributed by atoms with Gasteiger partial charge < -0.3 is 20.0 Å². The second-order valence-corrected chi connectivity index (χ2v) is 8.16. The Labute approximate surface area is 179 Å². The van der Waals surface area contributed by atoms with Crippen molar-refractivity contribution in [3.8, 4) is 0 Å². The smallest absolute Gasteiger partial charge is 0.225 e. The summed E-state index contributed by atoms with van der Waals surface area (Å²) in [5.41, 5.74) is 1.12. The number of hydrogen-bond acceptors (Lipinski definition) is 6. The zero-order valence-corrected chi connectivity index (χ0v) is 17.8. The van der Waals surface area contributed by atoms with Crippen molar-refractivity contribution in [2.75, 3.05) is 55.6 Å². The largest absolute Gasteiger partial charge is 0.354 e. The summed E-state index contributed by atoms with van der Waals surface area (Å²) in [7, 11) is 0. The van der Waals surface area contributed by atoms with Gasteiger partial charge in [-0.3, -0.25) is 4.79 Å². The molecule has 0 aliphatic carbocycles. The van der Waals surface area contributed by atoms with Crippen LogP contribution in [0.1, 0.15) is 25.3 Å². The molecule has 1 amide bonds. The molecule has 7 nitrogen and oxygen atoms in total. The SMILES string of the molecule is CCN1CCN(c2ccc(N3CCC[C@@H](C(=O)NCc4ccccc4)C3)nn2)CC1. The molecule has 7 heteroatoms. The topological polar surface area (TPSA) is 64.6 Å². The van der Waals surface area contributed by atoms with Gasteiger partial charge in [0.15, 0.2) is 11.6 Å². The predicted molar refractivity (Wildman–Crippen MR) is 120 cm³/mol. The lowest BCUT2D eigenvalue weighted by Gasteiger charge is -2.35. The molecule has 0 saturated carbocycles. The van der Waals surface area contributed by atoms with Crippen LogP contribution in [0.5, 0.6) is 0 Å². The number of amides is 1. The van der Waals surface area contributed by atoms with Crippen LogP contribution >= 0.6 is 0 Å². The molecule has 0 unspecified atom stereocenters. The lowest BCUT2D eigenvalue weighted by atomic mass is 9.97. The summed E-state index contributed by atoms with van der Waals surface area (Å²) in [6.07, 6.45) is 1.91. The van der Waals surface area contributed by atoms with E-state index in [1.807, 2.05) is 30.3 Å². The first-order chi connectivity index (χ1) is 14.7. The fourth-order valence-corrected chi connectivity index (χ4v) is 4.28. The van der Waals surface area contributed by atoms with Crippen molar-refractivity contribution in [1.29, 1.82) is 0 Å². The molecule has 0 bridgehead atoms. The molecule has 2 aromatic rings. The number of nitrogens with zero attached hydrogens (tertiary/aromatic N) is 5. The molecule has 160 valence electrons. The lowest BCUT2D eigenvalue weighted by molar-refractivity contribution is -0.125. The molecule has 2 saturated heterocycles. The number of aromatic nitrogens is 2. The number of carbonyl (C=O) groups excluding carboxylic acids is 1. The molecule has 1 N–H and O–H groups in total. The van der Waals surface area contributed by atoms with E-state index in [1.165, 1.54) is 0 Å². The minimum Gasteiger partial charge on any atom is -0.354 e. The Hall–Kier alpha value is -2.67. The van der Waals surface area contributed by atoms with Crippen molar-refractivity contribution < 1.29 is 4.79 Å². The van der Waals surface area contributed by atoms with Crippen molar-refractivity contribution in [1.82, 2.24) is 20.4 Å². The molecule has 0 spiro atoms. The Morgan fingerprint density at radius 3 is 2.33 bits per heavy atom. The zero-order valence-electron chi connectivity index (χ0n) is 17.8. The minimum atomic E-state index is -0.00828. The van der Waals surface area contributed by atoms with Crippen LogP contribution < -0.4 is 15.1 Å². The number of likely N-dealkylation sites (N-methyl/N-ethyl adjacent to an activating group) is 1. The van der Waals surface area contributed by atoms with Gasteiger partial charge in [0.2, 0.25) is 5.91 Å². The highest BCUT2D eigenvalue weighted by atomic mass is 16.1. The number of hydrogen-bond donors (Lipinski definition) is 1. The third-order valence-corrected chi connectivity index (χ3v) is 6.21. The van der Waals surface area contributed by atoms with Crippen molar-refractivity contribution in [3.05, 3.63) is 48.0 Å². The van der Waals surface area contributed by atoms with Gasteiger partial charge in [0.05, 0.1) is 5.92 Å². The van der Waals surface area contributed by atoms with Gasteiger partial charge in [-0.1, -0.05) is 37.3 Å². The molecule has 2 fully saturated rings. The normalized spacial score (nSPS) is 20.2. The molecule has 2 aliphatic heterocycles. The van der Waals surface area contributed by atoms with E-state index in [4.69, 9.17) is 0 Å². The molecular formula is C23H32N6O. The van der Waals surface area contributed by atoms with E-state index in [0.29, 0.717) is 13.1 Å². The lowest BCUT2D eigenvalue weighted by Crippen LogP contribution is -2.46. The average molecular weight is 409 g/mol. The van der Waals surface area contributed by atoms with Crippen molar-refractivity contribution >= 4 is 17.5 Å². The number of piperidine rings is 1. The monoisotopic (exact) mass is 408 g/mol. The van der Waals surface area contributed by atoms with Gasteiger partial charge in [-0.25, -0.2) is 0 Å². The molecule has 3 heterocycles. The van der Waals surface area contributed by atoms with Crippen LogP contribution in [-0.2, 0) is 11.3 Å². The Morgan fingerprint density at radius 1 is 0.967 bits per heavy atom. The van der Waals surface area contributed by atoms with E-state index < -0.39 is 0 Å². The average Bonchev–Trinajstić information content (AvgIpc) is 2.83. The highest BCUT2D eigenvalue weighted by Crippen LogP contribution is 2.23. The summed E-state index contributed by atoms with van der Waals surface area (Å²) in [4.78, 5) is 19.6. The van der Waals surface area contributed by atoms with E-state index in [9.17, 15) is 4.79 Å². The van der Waals surface area contributed by atoms with E-state index in [0.717, 1.165) is 69.3 Å². The third-order valence-electron chi connectivity index (χ3n) is 6.21. The van der Waals surface area contributed by atoms with Crippen LogP contribution in [0.3, 0.4) is 0 Å². The van der Waals surface area contributed by atoms with Crippen molar-refractivity contribution in [3.63, 3.8) is 0 Å². The summed E-state index contributed by atoms with van der Waals surface area (Å²) in [5, 5.41) is 12.1. The van der Waals surface area contributed by atoms with Crippen LogP contribution in [0.25, 0.3) is 0 Å². The van der Waals surface area contributed by atoms with Gasteiger partial charge in [0.25, 0.3) is 0 Å². The van der Waals surface area contributed by atoms with E-state index in [2.05, 4.69) is 49.3 Å². The van der Waals surface area contributed by atoms with Gasteiger partial charge >= 0.3 is 0 Å². The highest BCUT2D eigenvalue weighted by Gasteiger charge is 2.27. The number of anilines is 2. The van der Waals surface area contributed by atoms with Crippen LogP contribution in [0.15, 0.2) is 42.5 Å².